The second kappa shape index (κ2) is 7.87. The second-order valence-corrected chi connectivity index (χ2v) is 6.73. The van der Waals surface area contributed by atoms with Crippen LogP contribution in [0.2, 0.25) is 0 Å². The van der Waals surface area contributed by atoms with Gasteiger partial charge in [-0.3, -0.25) is 0 Å². The van der Waals surface area contributed by atoms with Crippen LogP contribution in [-0.2, 0) is 0 Å². The Hall–Kier alpha value is -2.08. The van der Waals surface area contributed by atoms with Crippen molar-refractivity contribution in [1.82, 2.24) is 9.97 Å². The molecule has 4 heteroatoms. The first-order valence-corrected chi connectivity index (χ1v) is 9.34. The summed E-state index contributed by atoms with van der Waals surface area (Å²) in [7, 11) is 0. The van der Waals surface area contributed by atoms with E-state index < -0.39 is 0 Å². The minimum atomic E-state index is -0.254. The van der Waals surface area contributed by atoms with E-state index >= 15 is 0 Å². The van der Waals surface area contributed by atoms with Gasteiger partial charge in [-0.15, -0.1) is 0 Å². The van der Waals surface area contributed by atoms with Gasteiger partial charge in [0, 0.05) is 16.7 Å². The van der Waals surface area contributed by atoms with Gasteiger partial charge >= 0.3 is 0 Å². The lowest BCUT2D eigenvalue weighted by Gasteiger charge is -2.16. The Balaban J connectivity index is 2.29. The molecule has 3 aromatic rings. The summed E-state index contributed by atoms with van der Waals surface area (Å²) in [5, 5.41) is 0. The topological polar surface area (TPSA) is 25.8 Å². The minimum Gasteiger partial charge on any atom is -0.232 e. The van der Waals surface area contributed by atoms with E-state index in [2.05, 4.69) is 36.4 Å². The molecule has 1 heterocycles. The Labute approximate surface area is 161 Å². The van der Waals surface area contributed by atoms with Crippen LogP contribution in [-0.4, -0.2) is 9.97 Å². The quantitative estimate of drug-likeness (QED) is 0.431. The molecule has 0 aliphatic carbocycles. The Morgan fingerprint density at radius 3 is 2.20 bits per heavy atom. The summed E-state index contributed by atoms with van der Waals surface area (Å²) < 4.78 is 15.3. The first-order chi connectivity index (χ1) is 12.1. The summed E-state index contributed by atoms with van der Waals surface area (Å²) in [6.07, 6.45) is 2.02. The largest absolute Gasteiger partial charge is 0.232 e. The Morgan fingerprint density at radius 1 is 0.920 bits per heavy atom. The third-order valence-corrected chi connectivity index (χ3v) is 4.26. The lowest BCUT2D eigenvalue weighted by molar-refractivity contribution is 0.628. The lowest BCUT2D eigenvalue weighted by Crippen LogP contribution is -2.04. The van der Waals surface area contributed by atoms with Crippen molar-refractivity contribution < 1.29 is 4.39 Å². The van der Waals surface area contributed by atoms with Crippen molar-refractivity contribution in [2.75, 3.05) is 0 Å². The molecule has 126 valence electrons. The normalized spacial score (nSPS) is 11.4. The molecule has 0 saturated carbocycles. The zero-order valence-corrected chi connectivity index (χ0v) is 16.2. The zero-order chi connectivity index (χ0) is 17.8. The van der Waals surface area contributed by atoms with Gasteiger partial charge in [0.25, 0.3) is 0 Å². The molecule has 0 unspecified atom stereocenters. The molecule has 25 heavy (non-hydrogen) atoms. The molecule has 2 aromatic carbocycles. The average molecular weight is 444 g/mol. The fourth-order valence-electron chi connectivity index (χ4n) is 2.70. The Bertz CT molecular complexity index is 888. The highest BCUT2D eigenvalue weighted by Crippen LogP contribution is 2.31. The molecule has 0 amide bonds. The highest BCUT2D eigenvalue weighted by atomic mass is 127. The average Bonchev–Trinajstić information content (AvgIpc) is 2.63. The fraction of sp³-hybridized carbons (Fsp3) is 0.143. The zero-order valence-electron chi connectivity index (χ0n) is 14.1. The van der Waals surface area contributed by atoms with Gasteiger partial charge in [-0.25, -0.2) is 14.4 Å². The minimum absolute atomic E-state index is 0.243. The molecule has 0 bridgehead atoms. The van der Waals surface area contributed by atoms with Crippen molar-refractivity contribution in [3.05, 3.63) is 75.8 Å². The summed E-state index contributed by atoms with van der Waals surface area (Å²) in [5.41, 5.74) is 4.65. The smallest absolute Gasteiger partial charge is 0.160 e. The number of hydrogen-bond acceptors (Lipinski definition) is 2. The van der Waals surface area contributed by atoms with Crippen LogP contribution in [0.1, 0.15) is 31.0 Å². The lowest BCUT2D eigenvalue weighted by atomic mass is 9.98. The molecule has 2 nitrogen and oxygen atoms in total. The molecule has 0 radical (unpaired) electrons. The molecule has 0 spiro atoms. The number of hydrogen-bond donors (Lipinski definition) is 0. The van der Waals surface area contributed by atoms with Crippen molar-refractivity contribution in [3.63, 3.8) is 0 Å². The van der Waals surface area contributed by atoms with Crippen molar-refractivity contribution in [2.24, 2.45) is 0 Å². The van der Waals surface area contributed by atoms with Crippen molar-refractivity contribution in [3.8, 4) is 22.6 Å². The summed E-state index contributed by atoms with van der Waals surface area (Å²) in [6, 6.07) is 16.4. The van der Waals surface area contributed by atoms with Crippen LogP contribution in [0.25, 0.3) is 28.7 Å². The van der Waals surface area contributed by atoms with Gasteiger partial charge in [0.2, 0.25) is 0 Å². The monoisotopic (exact) mass is 444 g/mol. The van der Waals surface area contributed by atoms with Gasteiger partial charge in [-0.05, 0) is 40.3 Å². The van der Waals surface area contributed by atoms with Crippen LogP contribution in [0.4, 0.5) is 4.39 Å². The van der Waals surface area contributed by atoms with E-state index in [4.69, 9.17) is 9.97 Å². The number of benzene rings is 2. The summed E-state index contributed by atoms with van der Waals surface area (Å²) in [4.78, 5) is 9.64. The maximum absolute atomic E-state index is 13.4. The van der Waals surface area contributed by atoms with E-state index in [0.717, 1.165) is 28.1 Å². The number of rotatable bonds is 4. The summed E-state index contributed by atoms with van der Waals surface area (Å²) >= 11 is 2.20. The van der Waals surface area contributed by atoms with E-state index in [9.17, 15) is 4.39 Å². The molecular weight excluding hydrogens is 426 g/mol. The van der Waals surface area contributed by atoms with E-state index in [0.29, 0.717) is 5.82 Å². The number of nitrogens with zero attached hydrogens (tertiary/aromatic N) is 2. The van der Waals surface area contributed by atoms with E-state index in [-0.39, 0.29) is 11.7 Å². The summed E-state index contributed by atoms with van der Waals surface area (Å²) in [5.74, 6) is 0.678. The number of aromatic nitrogens is 2. The maximum atomic E-state index is 13.4. The SMILES string of the molecule is CC(C)c1nc(-c2ccccc2)nc(-c2ccc(F)cc2)c1/C=C/I. The van der Waals surface area contributed by atoms with Crippen LogP contribution in [0.3, 0.4) is 0 Å². The highest BCUT2D eigenvalue weighted by molar-refractivity contribution is 14.1. The number of halogens is 2. The van der Waals surface area contributed by atoms with Gasteiger partial charge in [-0.2, -0.15) is 0 Å². The van der Waals surface area contributed by atoms with Gasteiger partial charge in [-0.1, -0.05) is 66.8 Å². The maximum Gasteiger partial charge on any atom is 0.160 e. The van der Waals surface area contributed by atoms with E-state index in [1.165, 1.54) is 12.1 Å². The van der Waals surface area contributed by atoms with Crippen LogP contribution in [0.15, 0.2) is 58.7 Å². The van der Waals surface area contributed by atoms with Crippen molar-refractivity contribution in [2.45, 2.75) is 19.8 Å². The summed E-state index contributed by atoms with van der Waals surface area (Å²) in [6.45, 7) is 4.24. The second-order valence-electron chi connectivity index (χ2n) is 6.02. The molecule has 0 atom stereocenters. The highest BCUT2D eigenvalue weighted by Gasteiger charge is 2.17. The van der Waals surface area contributed by atoms with Gasteiger partial charge < -0.3 is 0 Å². The Morgan fingerprint density at radius 2 is 1.60 bits per heavy atom. The molecular formula is C21H18FIN2. The van der Waals surface area contributed by atoms with Crippen molar-refractivity contribution in [1.29, 1.82) is 0 Å². The van der Waals surface area contributed by atoms with Crippen LogP contribution in [0, 0.1) is 5.82 Å². The van der Waals surface area contributed by atoms with Gasteiger partial charge in [0.15, 0.2) is 5.82 Å². The fourth-order valence-corrected chi connectivity index (χ4v) is 3.06. The van der Waals surface area contributed by atoms with Crippen LogP contribution >= 0.6 is 22.6 Å². The predicted molar refractivity (Wildman–Crippen MR) is 110 cm³/mol. The van der Waals surface area contributed by atoms with Crippen LogP contribution < -0.4 is 0 Å². The van der Waals surface area contributed by atoms with Crippen molar-refractivity contribution >= 4 is 28.7 Å². The molecule has 0 saturated heterocycles. The first kappa shape index (κ1) is 17.7. The van der Waals surface area contributed by atoms with Gasteiger partial charge in [0.1, 0.15) is 5.82 Å². The third-order valence-electron chi connectivity index (χ3n) is 3.90. The van der Waals surface area contributed by atoms with Gasteiger partial charge in [0.05, 0.1) is 11.4 Å². The molecule has 3 rings (SSSR count). The predicted octanol–water partition coefficient (Wildman–Crippen LogP) is 6.48. The standard InChI is InChI=1S/C21H18FIN2/c1-14(2)19-18(12-13-23)20(15-8-10-17(22)11-9-15)25-21(24-19)16-6-4-3-5-7-16/h3-14H,1-2H3/b13-12+. The van der Waals surface area contributed by atoms with Crippen LogP contribution in [0.5, 0.6) is 0 Å². The molecule has 0 aliphatic rings. The third kappa shape index (κ3) is 3.95. The molecule has 0 fully saturated rings. The van der Waals surface area contributed by atoms with E-state index in [1.807, 2.05) is 40.5 Å². The van der Waals surface area contributed by atoms with E-state index in [1.54, 1.807) is 12.1 Å². The molecule has 0 aliphatic heterocycles. The first-order valence-electron chi connectivity index (χ1n) is 8.10. The molecule has 1 aromatic heterocycles. The Kier molecular flexibility index (Phi) is 5.58. The molecule has 0 N–H and O–H groups in total.